The van der Waals surface area contributed by atoms with Gasteiger partial charge in [0.1, 0.15) is 0 Å². The van der Waals surface area contributed by atoms with Gasteiger partial charge in [-0.2, -0.15) is 0 Å². The van der Waals surface area contributed by atoms with Gasteiger partial charge < -0.3 is 4.74 Å². The normalized spacial score (nSPS) is 24.7. The Balaban J connectivity index is 1.80. The molecular weight excluding hydrogens is 284 g/mol. The zero-order chi connectivity index (χ0) is 13.8. The minimum absolute atomic E-state index is 0.0756. The summed E-state index contributed by atoms with van der Waals surface area (Å²) in [5, 5.41) is 0. The number of rotatable bonds is 6. The fourth-order valence-electron chi connectivity index (χ4n) is 3.62. The second-order valence-corrected chi connectivity index (χ2v) is 9.19. The molecule has 0 aromatic rings. The van der Waals surface area contributed by atoms with Crippen molar-refractivity contribution < 1.29 is 13.2 Å². The Bertz CT molecular complexity index is 368. The van der Waals surface area contributed by atoms with Gasteiger partial charge in [0.25, 0.3) is 0 Å². The standard InChI is InChI=1S/C14H25ClO3S/c15-19(16,17)12-14(8-4-5-9-14)11-18-10-13-6-2-1-3-7-13/h13H,1-12H2. The summed E-state index contributed by atoms with van der Waals surface area (Å²) in [5.41, 5.74) is -0.213. The third kappa shape index (κ3) is 5.24. The molecule has 2 aliphatic rings. The van der Waals surface area contributed by atoms with Gasteiger partial charge in [0.05, 0.1) is 12.4 Å². The maximum atomic E-state index is 11.4. The molecule has 0 saturated heterocycles. The molecule has 3 nitrogen and oxygen atoms in total. The predicted octanol–water partition coefficient (Wildman–Crippen LogP) is 3.71. The van der Waals surface area contributed by atoms with Gasteiger partial charge >= 0.3 is 0 Å². The van der Waals surface area contributed by atoms with Crippen molar-refractivity contribution in [2.75, 3.05) is 19.0 Å². The Morgan fingerprint density at radius 2 is 1.68 bits per heavy atom. The molecule has 0 spiro atoms. The maximum absolute atomic E-state index is 11.4. The van der Waals surface area contributed by atoms with E-state index < -0.39 is 9.05 Å². The minimum atomic E-state index is -3.43. The summed E-state index contributed by atoms with van der Waals surface area (Å²) in [6.45, 7) is 1.36. The molecule has 0 bridgehead atoms. The quantitative estimate of drug-likeness (QED) is 0.703. The van der Waals surface area contributed by atoms with Crippen molar-refractivity contribution >= 4 is 19.7 Å². The Kier molecular flexibility index (Phi) is 5.55. The fraction of sp³-hybridized carbons (Fsp3) is 1.00. The van der Waals surface area contributed by atoms with E-state index in [0.29, 0.717) is 12.5 Å². The number of halogens is 1. The molecule has 0 heterocycles. The van der Waals surface area contributed by atoms with Crippen molar-refractivity contribution in [2.45, 2.75) is 57.8 Å². The van der Waals surface area contributed by atoms with Crippen LogP contribution in [0.15, 0.2) is 0 Å². The first kappa shape index (κ1) is 15.6. The molecule has 2 saturated carbocycles. The Morgan fingerprint density at radius 1 is 1.05 bits per heavy atom. The average Bonchev–Trinajstić information content (AvgIpc) is 2.77. The van der Waals surface area contributed by atoms with Crippen LogP contribution in [0.3, 0.4) is 0 Å². The molecule has 0 radical (unpaired) electrons. The fourth-order valence-corrected chi connectivity index (χ4v) is 5.41. The smallest absolute Gasteiger partial charge is 0.233 e. The van der Waals surface area contributed by atoms with Crippen molar-refractivity contribution in [1.82, 2.24) is 0 Å². The van der Waals surface area contributed by atoms with Crippen LogP contribution in [-0.2, 0) is 13.8 Å². The predicted molar refractivity (Wildman–Crippen MR) is 77.9 cm³/mol. The average molecular weight is 309 g/mol. The highest BCUT2D eigenvalue weighted by atomic mass is 35.7. The van der Waals surface area contributed by atoms with Crippen LogP contribution in [0.1, 0.15) is 57.8 Å². The second kappa shape index (κ2) is 6.77. The topological polar surface area (TPSA) is 43.4 Å². The zero-order valence-electron chi connectivity index (χ0n) is 11.6. The van der Waals surface area contributed by atoms with E-state index in [9.17, 15) is 8.42 Å². The van der Waals surface area contributed by atoms with Crippen LogP contribution in [0.2, 0.25) is 0 Å². The summed E-state index contributed by atoms with van der Waals surface area (Å²) in [6.07, 6.45) is 10.6. The van der Waals surface area contributed by atoms with Crippen molar-refractivity contribution in [3.05, 3.63) is 0 Å². The highest BCUT2D eigenvalue weighted by Crippen LogP contribution is 2.40. The third-order valence-electron chi connectivity index (χ3n) is 4.63. The Hall–Kier alpha value is 0.200. The van der Waals surface area contributed by atoms with E-state index in [1.54, 1.807) is 0 Å². The summed E-state index contributed by atoms with van der Waals surface area (Å²) in [7, 11) is 2.02. The van der Waals surface area contributed by atoms with Gasteiger partial charge in [-0.25, -0.2) is 8.42 Å². The maximum Gasteiger partial charge on any atom is 0.233 e. The lowest BCUT2D eigenvalue weighted by Crippen LogP contribution is -2.31. The van der Waals surface area contributed by atoms with Gasteiger partial charge in [-0.15, -0.1) is 0 Å². The molecule has 2 fully saturated rings. The molecule has 0 atom stereocenters. The summed E-state index contributed by atoms with van der Waals surface area (Å²) in [6, 6.07) is 0. The van der Waals surface area contributed by atoms with Crippen molar-refractivity contribution in [2.24, 2.45) is 11.3 Å². The molecule has 0 N–H and O–H groups in total. The van der Waals surface area contributed by atoms with Gasteiger partial charge in [-0.1, -0.05) is 32.1 Å². The molecule has 2 rings (SSSR count). The van der Waals surface area contributed by atoms with Gasteiger partial charge in [0.2, 0.25) is 9.05 Å². The Labute approximate surface area is 121 Å². The molecule has 0 unspecified atom stereocenters. The first-order valence-electron chi connectivity index (χ1n) is 7.49. The molecule has 0 aromatic heterocycles. The number of hydrogen-bond donors (Lipinski definition) is 0. The van der Waals surface area contributed by atoms with Gasteiger partial charge in [0.15, 0.2) is 0 Å². The highest BCUT2D eigenvalue weighted by molar-refractivity contribution is 8.13. The van der Waals surface area contributed by atoms with E-state index in [-0.39, 0.29) is 11.2 Å². The third-order valence-corrected chi connectivity index (χ3v) is 5.91. The largest absolute Gasteiger partial charge is 0.381 e. The van der Waals surface area contributed by atoms with Crippen LogP contribution in [0.5, 0.6) is 0 Å². The van der Waals surface area contributed by atoms with Crippen LogP contribution < -0.4 is 0 Å². The first-order valence-corrected chi connectivity index (χ1v) is 9.97. The Morgan fingerprint density at radius 3 is 2.26 bits per heavy atom. The van der Waals surface area contributed by atoms with Gasteiger partial charge in [-0.3, -0.25) is 0 Å². The molecule has 0 aliphatic heterocycles. The molecular formula is C14H25ClO3S. The number of ether oxygens (including phenoxy) is 1. The van der Waals surface area contributed by atoms with Crippen molar-refractivity contribution in [3.8, 4) is 0 Å². The van der Waals surface area contributed by atoms with E-state index in [1.165, 1.54) is 32.1 Å². The second-order valence-electron chi connectivity index (χ2n) is 6.41. The lowest BCUT2D eigenvalue weighted by Gasteiger charge is -2.29. The van der Waals surface area contributed by atoms with Crippen LogP contribution in [0.25, 0.3) is 0 Å². The van der Waals surface area contributed by atoms with Crippen LogP contribution >= 0.6 is 10.7 Å². The zero-order valence-corrected chi connectivity index (χ0v) is 13.1. The molecule has 19 heavy (non-hydrogen) atoms. The summed E-state index contributed by atoms with van der Waals surface area (Å²) < 4.78 is 28.6. The van der Waals surface area contributed by atoms with Gasteiger partial charge in [0, 0.05) is 22.7 Å². The minimum Gasteiger partial charge on any atom is -0.381 e. The van der Waals surface area contributed by atoms with Crippen LogP contribution in [0.4, 0.5) is 0 Å². The van der Waals surface area contributed by atoms with E-state index in [0.717, 1.165) is 32.3 Å². The van der Waals surface area contributed by atoms with Crippen molar-refractivity contribution in [1.29, 1.82) is 0 Å². The van der Waals surface area contributed by atoms with E-state index in [1.807, 2.05) is 0 Å². The van der Waals surface area contributed by atoms with E-state index >= 15 is 0 Å². The molecule has 0 amide bonds. The van der Waals surface area contributed by atoms with E-state index in [4.69, 9.17) is 15.4 Å². The van der Waals surface area contributed by atoms with Gasteiger partial charge in [-0.05, 0) is 31.6 Å². The first-order chi connectivity index (χ1) is 8.99. The van der Waals surface area contributed by atoms with Crippen LogP contribution in [0, 0.1) is 11.3 Å². The highest BCUT2D eigenvalue weighted by Gasteiger charge is 2.38. The molecule has 0 aromatic carbocycles. The van der Waals surface area contributed by atoms with Crippen molar-refractivity contribution in [3.63, 3.8) is 0 Å². The SMILES string of the molecule is O=S(=O)(Cl)CC1(COCC2CCCCC2)CCCC1. The molecule has 5 heteroatoms. The lowest BCUT2D eigenvalue weighted by molar-refractivity contribution is 0.0291. The summed E-state index contributed by atoms with van der Waals surface area (Å²) in [5.74, 6) is 0.756. The molecule has 2 aliphatic carbocycles. The van der Waals surface area contributed by atoms with Crippen LogP contribution in [-0.4, -0.2) is 27.4 Å². The summed E-state index contributed by atoms with van der Waals surface area (Å²) in [4.78, 5) is 0. The van der Waals surface area contributed by atoms with E-state index in [2.05, 4.69) is 0 Å². The number of hydrogen-bond acceptors (Lipinski definition) is 3. The molecule has 112 valence electrons. The lowest BCUT2D eigenvalue weighted by atomic mass is 9.88. The monoisotopic (exact) mass is 308 g/mol. The summed E-state index contributed by atoms with van der Waals surface area (Å²) >= 11 is 0.